The van der Waals surface area contributed by atoms with Crippen LogP contribution in [0.4, 0.5) is 0 Å². The normalized spacial score (nSPS) is 11.7. The summed E-state index contributed by atoms with van der Waals surface area (Å²) in [5, 5.41) is 21.8. The molecule has 0 saturated heterocycles. The van der Waals surface area contributed by atoms with E-state index in [1.807, 2.05) is 0 Å². The van der Waals surface area contributed by atoms with Crippen molar-refractivity contribution in [3.8, 4) is 5.75 Å². The third-order valence-electron chi connectivity index (χ3n) is 4.44. The average Bonchev–Trinajstić information content (AvgIpc) is 2.74. The van der Waals surface area contributed by atoms with E-state index < -0.39 is 35.7 Å². The average molecular weight is 462 g/mol. The SMILES string of the molecule is CC(C)C(=O)N(N[C@@H](C)C(=O)O)C(=O)c1ccc(C(=O)NCc2cccc(O)c2)cc1Cl. The minimum Gasteiger partial charge on any atom is -0.508 e. The first kappa shape index (κ1) is 24.8. The fraction of sp³-hybridized carbons (Fsp3) is 0.273. The lowest BCUT2D eigenvalue weighted by Gasteiger charge is -2.25. The molecule has 0 fully saturated rings. The van der Waals surface area contributed by atoms with Gasteiger partial charge in [-0.05, 0) is 42.8 Å². The van der Waals surface area contributed by atoms with Gasteiger partial charge in [0.2, 0.25) is 5.91 Å². The molecule has 2 aromatic carbocycles. The van der Waals surface area contributed by atoms with Gasteiger partial charge in [0.25, 0.3) is 11.8 Å². The first-order valence-corrected chi connectivity index (χ1v) is 10.1. The van der Waals surface area contributed by atoms with Crippen LogP contribution in [0.1, 0.15) is 47.1 Å². The van der Waals surface area contributed by atoms with Crippen molar-refractivity contribution in [3.63, 3.8) is 0 Å². The van der Waals surface area contributed by atoms with Gasteiger partial charge in [0.05, 0.1) is 10.6 Å². The number of hydrogen-bond donors (Lipinski definition) is 4. The van der Waals surface area contributed by atoms with Gasteiger partial charge < -0.3 is 15.5 Å². The summed E-state index contributed by atoms with van der Waals surface area (Å²) in [4.78, 5) is 49.0. The van der Waals surface area contributed by atoms with Crippen LogP contribution in [0.3, 0.4) is 0 Å². The van der Waals surface area contributed by atoms with Crippen LogP contribution >= 0.6 is 11.6 Å². The minimum atomic E-state index is -1.25. The maximum atomic E-state index is 12.9. The van der Waals surface area contributed by atoms with Crippen LogP contribution in [-0.2, 0) is 16.1 Å². The van der Waals surface area contributed by atoms with Gasteiger partial charge in [-0.3, -0.25) is 19.2 Å². The van der Waals surface area contributed by atoms with E-state index >= 15 is 0 Å². The van der Waals surface area contributed by atoms with Crippen LogP contribution in [-0.4, -0.2) is 45.0 Å². The molecule has 0 unspecified atom stereocenters. The van der Waals surface area contributed by atoms with Crippen LogP contribution in [0.15, 0.2) is 42.5 Å². The zero-order chi connectivity index (χ0) is 24.0. The predicted molar refractivity (Wildman–Crippen MR) is 117 cm³/mol. The van der Waals surface area contributed by atoms with Gasteiger partial charge in [-0.1, -0.05) is 37.6 Å². The molecule has 3 amide bonds. The first-order chi connectivity index (χ1) is 15.0. The summed E-state index contributed by atoms with van der Waals surface area (Å²) in [7, 11) is 0. The summed E-state index contributed by atoms with van der Waals surface area (Å²) < 4.78 is 0. The number of nitrogens with zero attached hydrogens (tertiary/aromatic N) is 1. The van der Waals surface area contributed by atoms with Crippen molar-refractivity contribution in [1.82, 2.24) is 15.8 Å². The van der Waals surface area contributed by atoms with Crippen LogP contribution in [0, 0.1) is 5.92 Å². The summed E-state index contributed by atoms with van der Waals surface area (Å²) in [6.45, 7) is 4.59. The number of carboxylic acids is 1. The van der Waals surface area contributed by atoms with Gasteiger partial charge in [-0.2, -0.15) is 0 Å². The summed E-state index contributed by atoms with van der Waals surface area (Å²) in [5.74, 6) is -3.69. The van der Waals surface area contributed by atoms with E-state index in [0.29, 0.717) is 10.6 Å². The number of imide groups is 1. The Labute approximate surface area is 190 Å². The Balaban J connectivity index is 2.20. The van der Waals surface area contributed by atoms with Crippen LogP contribution in [0.5, 0.6) is 5.75 Å². The highest BCUT2D eigenvalue weighted by atomic mass is 35.5. The zero-order valence-electron chi connectivity index (χ0n) is 17.8. The Morgan fingerprint density at radius 3 is 2.31 bits per heavy atom. The number of carboxylic acid groups (broad SMARTS) is 1. The fourth-order valence-electron chi connectivity index (χ4n) is 2.63. The number of rotatable bonds is 8. The van der Waals surface area contributed by atoms with Crippen molar-refractivity contribution >= 4 is 35.3 Å². The molecule has 2 rings (SSSR count). The van der Waals surface area contributed by atoms with Gasteiger partial charge in [0.1, 0.15) is 11.8 Å². The molecular formula is C22H24ClN3O6. The largest absolute Gasteiger partial charge is 0.508 e. The number of carbonyl (C=O) groups excluding carboxylic acids is 3. The molecule has 0 aliphatic heterocycles. The maximum absolute atomic E-state index is 12.9. The molecule has 0 saturated carbocycles. The molecule has 0 aromatic heterocycles. The van der Waals surface area contributed by atoms with Gasteiger partial charge in [-0.15, -0.1) is 0 Å². The summed E-state index contributed by atoms with van der Waals surface area (Å²) >= 11 is 6.22. The van der Waals surface area contributed by atoms with Gasteiger partial charge in [-0.25, -0.2) is 10.4 Å². The second-order valence-corrected chi connectivity index (χ2v) is 7.78. The highest BCUT2D eigenvalue weighted by molar-refractivity contribution is 6.34. The van der Waals surface area contributed by atoms with E-state index in [2.05, 4.69) is 10.7 Å². The highest BCUT2D eigenvalue weighted by Crippen LogP contribution is 2.21. The molecule has 0 spiro atoms. The topological polar surface area (TPSA) is 136 Å². The highest BCUT2D eigenvalue weighted by Gasteiger charge is 2.29. The third kappa shape index (κ3) is 6.29. The number of aliphatic carboxylic acids is 1. The Kier molecular flexibility index (Phi) is 8.34. The Morgan fingerprint density at radius 1 is 1.06 bits per heavy atom. The number of phenols is 1. The monoisotopic (exact) mass is 461 g/mol. The Bertz CT molecular complexity index is 1040. The minimum absolute atomic E-state index is 0.0738. The maximum Gasteiger partial charge on any atom is 0.322 e. The molecule has 32 heavy (non-hydrogen) atoms. The molecule has 4 N–H and O–H groups in total. The van der Waals surface area contributed by atoms with E-state index in [4.69, 9.17) is 16.7 Å². The molecule has 0 radical (unpaired) electrons. The van der Waals surface area contributed by atoms with Crippen LogP contribution in [0.2, 0.25) is 5.02 Å². The second kappa shape index (κ2) is 10.7. The lowest BCUT2D eigenvalue weighted by atomic mass is 10.1. The number of aromatic hydroxyl groups is 1. The number of nitrogens with one attached hydrogen (secondary N) is 2. The van der Waals surface area contributed by atoms with Crippen molar-refractivity contribution in [2.45, 2.75) is 33.4 Å². The van der Waals surface area contributed by atoms with Gasteiger partial charge in [0.15, 0.2) is 0 Å². The van der Waals surface area contributed by atoms with E-state index in [1.165, 1.54) is 37.3 Å². The molecule has 1 atom stereocenters. The van der Waals surface area contributed by atoms with Crippen LogP contribution in [0.25, 0.3) is 0 Å². The third-order valence-corrected chi connectivity index (χ3v) is 4.75. The number of amides is 3. The molecular weight excluding hydrogens is 438 g/mol. The first-order valence-electron chi connectivity index (χ1n) is 9.74. The fourth-order valence-corrected chi connectivity index (χ4v) is 2.89. The van der Waals surface area contributed by atoms with E-state index in [-0.39, 0.29) is 28.4 Å². The Hall–Kier alpha value is -3.43. The van der Waals surface area contributed by atoms with Crippen molar-refractivity contribution in [1.29, 1.82) is 0 Å². The van der Waals surface area contributed by atoms with Crippen molar-refractivity contribution in [3.05, 3.63) is 64.2 Å². The number of hydrazine groups is 1. The lowest BCUT2D eigenvalue weighted by molar-refractivity contribution is -0.142. The smallest absolute Gasteiger partial charge is 0.322 e. The molecule has 0 bridgehead atoms. The number of phenolic OH excluding ortho intramolecular Hbond substituents is 1. The number of carbonyl (C=O) groups is 4. The van der Waals surface area contributed by atoms with E-state index in [0.717, 1.165) is 0 Å². The summed E-state index contributed by atoms with van der Waals surface area (Å²) in [6, 6.07) is 9.16. The van der Waals surface area contributed by atoms with Crippen molar-refractivity contribution in [2.24, 2.45) is 5.92 Å². The second-order valence-electron chi connectivity index (χ2n) is 7.37. The number of hydrogen-bond acceptors (Lipinski definition) is 6. The summed E-state index contributed by atoms with van der Waals surface area (Å²) in [6.07, 6.45) is 0. The standard InChI is InChI=1S/C22H24ClN3O6/c1-12(2)20(29)26(25-13(3)22(31)32)21(30)17-8-7-15(10-18(17)23)19(28)24-11-14-5-4-6-16(27)9-14/h4-10,12-13,25,27H,11H2,1-3H3,(H,24,28)(H,31,32)/t13-/m0/s1. The van der Waals surface area contributed by atoms with Gasteiger partial charge >= 0.3 is 5.97 Å². The van der Waals surface area contributed by atoms with Crippen molar-refractivity contribution < 1.29 is 29.4 Å². The quantitative estimate of drug-likeness (QED) is 0.443. The molecule has 2 aromatic rings. The predicted octanol–water partition coefficient (Wildman–Crippen LogP) is 2.58. The zero-order valence-corrected chi connectivity index (χ0v) is 18.5. The lowest BCUT2D eigenvalue weighted by Crippen LogP contribution is -2.54. The van der Waals surface area contributed by atoms with E-state index in [9.17, 15) is 24.3 Å². The van der Waals surface area contributed by atoms with Crippen molar-refractivity contribution in [2.75, 3.05) is 0 Å². The number of benzene rings is 2. The molecule has 9 nitrogen and oxygen atoms in total. The molecule has 0 heterocycles. The Morgan fingerprint density at radius 2 is 1.75 bits per heavy atom. The summed E-state index contributed by atoms with van der Waals surface area (Å²) in [5.41, 5.74) is 3.18. The molecule has 170 valence electrons. The molecule has 0 aliphatic rings. The number of halogens is 1. The molecule has 0 aliphatic carbocycles. The molecule has 10 heteroatoms. The van der Waals surface area contributed by atoms with E-state index in [1.54, 1.807) is 26.0 Å². The van der Waals surface area contributed by atoms with Gasteiger partial charge in [0, 0.05) is 18.0 Å². The van der Waals surface area contributed by atoms with Crippen LogP contribution < -0.4 is 10.7 Å².